The van der Waals surface area contributed by atoms with Crippen LogP contribution in [-0.4, -0.2) is 24.6 Å². The van der Waals surface area contributed by atoms with Crippen molar-refractivity contribution in [2.75, 3.05) is 18.6 Å². The summed E-state index contributed by atoms with van der Waals surface area (Å²) in [5, 5.41) is 3.37. The summed E-state index contributed by atoms with van der Waals surface area (Å²) in [6.07, 6.45) is 1.35. The van der Waals surface area contributed by atoms with Crippen LogP contribution in [0.25, 0.3) is 0 Å². The first kappa shape index (κ1) is 13.3. The van der Waals surface area contributed by atoms with E-state index in [9.17, 15) is 0 Å². The van der Waals surface area contributed by atoms with Gasteiger partial charge in [-0.15, -0.1) is 0 Å². The minimum atomic E-state index is 0.678. The first-order valence-corrected chi connectivity index (χ1v) is 6.48. The monoisotopic (exact) mass is 203 g/mol. The third kappa shape index (κ3) is 7.39. The van der Waals surface area contributed by atoms with E-state index in [0.29, 0.717) is 6.04 Å². The van der Waals surface area contributed by atoms with E-state index in [2.05, 4.69) is 51.8 Å². The van der Waals surface area contributed by atoms with E-state index in [0.717, 1.165) is 11.8 Å². The Hall–Kier alpha value is 0.310. The predicted molar refractivity (Wildman–Crippen MR) is 64.5 cm³/mol. The molecule has 0 fully saturated rings. The maximum atomic E-state index is 3.37. The number of hydrogen-bond acceptors (Lipinski definition) is 2. The second kappa shape index (κ2) is 7.69. The molecule has 0 aliphatic carbocycles. The van der Waals surface area contributed by atoms with Crippen molar-refractivity contribution in [1.82, 2.24) is 5.32 Å². The van der Waals surface area contributed by atoms with Gasteiger partial charge in [0.15, 0.2) is 0 Å². The van der Waals surface area contributed by atoms with E-state index in [1.165, 1.54) is 17.9 Å². The summed E-state index contributed by atoms with van der Waals surface area (Å²) in [7, 11) is 2.06. The fraction of sp³-hybridized carbons (Fsp3) is 1.00. The molecule has 0 heterocycles. The van der Waals surface area contributed by atoms with E-state index in [1.807, 2.05) is 0 Å². The van der Waals surface area contributed by atoms with Gasteiger partial charge in [0.25, 0.3) is 0 Å². The highest BCUT2D eigenvalue weighted by Gasteiger charge is 2.09. The van der Waals surface area contributed by atoms with Gasteiger partial charge in [-0.3, -0.25) is 0 Å². The second-order valence-corrected chi connectivity index (χ2v) is 5.55. The van der Waals surface area contributed by atoms with Gasteiger partial charge in [0, 0.05) is 11.8 Å². The van der Waals surface area contributed by atoms with Crippen molar-refractivity contribution in [2.45, 2.75) is 40.2 Å². The molecule has 2 heteroatoms. The molecule has 0 radical (unpaired) electrons. The summed E-state index contributed by atoms with van der Waals surface area (Å²) in [5.74, 6) is 4.15. The summed E-state index contributed by atoms with van der Waals surface area (Å²) < 4.78 is 0. The van der Waals surface area contributed by atoms with Crippen LogP contribution in [0.4, 0.5) is 0 Å². The van der Waals surface area contributed by atoms with E-state index in [1.54, 1.807) is 0 Å². The van der Waals surface area contributed by atoms with E-state index < -0.39 is 0 Å². The van der Waals surface area contributed by atoms with Crippen molar-refractivity contribution in [3.05, 3.63) is 0 Å². The SMILES string of the molecule is CNC(CSCCC(C)C)C(C)C. The Bertz CT molecular complexity index is 113. The molecule has 80 valence electrons. The first-order valence-electron chi connectivity index (χ1n) is 5.33. The molecule has 1 atom stereocenters. The molecule has 0 aliphatic heterocycles. The van der Waals surface area contributed by atoms with Crippen LogP contribution in [0.15, 0.2) is 0 Å². The fourth-order valence-corrected chi connectivity index (χ4v) is 2.75. The summed E-state index contributed by atoms with van der Waals surface area (Å²) in [5.41, 5.74) is 0. The maximum absolute atomic E-state index is 3.37. The first-order chi connectivity index (χ1) is 6.07. The third-order valence-corrected chi connectivity index (χ3v) is 3.43. The van der Waals surface area contributed by atoms with Crippen LogP contribution in [-0.2, 0) is 0 Å². The Labute approximate surface area is 88.1 Å². The summed E-state index contributed by atoms with van der Waals surface area (Å²) in [6.45, 7) is 9.14. The largest absolute Gasteiger partial charge is 0.316 e. The smallest absolute Gasteiger partial charge is 0.0178 e. The van der Waals surface area contributed by atoms with Gasteiger partial charge in [-0.2, -0.15) is 11.8 Å². The van der Waals surface area contributed by atoms with Crippen LogP contribution in [0.3, 0.4) is 0 Å². The normalized spacial score (nSPS) is 14.1. The van der Waals surface area contributed by atoms with Crippen molar-refractivity contribution >= 4 is 11.8 Å². The Morgan fingerprint density at radius 1 is 1.15 bits per heavy atom. The van der Waals surface area contributed by atoms with Crippen LogP contribution in [0.2, 0.25) is 0 Å². The second-order valence-electron chi connectivity index (χ2n) is 4.40. The van der Waals surface area contributed by atoms with Crippen molar-refractivity contribution < 1.29 is 0 Å². The zero-order chi connectivity index (χ0) is 10.3. The Kier molecular flexibility index (Phi) is 7.87. The van der Waals surface area contributed by atoms with Crippen molar-refractivity contribution in [3.63, 3.8) is 0 Å². The van der Waals surface area contributed by atoms with E-state index in [4.69, 9.17) is 0 Å². The highest BCUT2D eigenvalue weighted by molar-refractivity contribution is 7.99. The summed E-state index contributed by atoms with van der Waals surface area (Å²) in [6, 6.07) is 0.678. The van der Waals surface area contributed by atoms with Gasteiger partial charge in [-0.25, -0.2) is 0 Å². The van der Waals surface area contributed by atoms with Gasteiger partial charge in [0.2, 0.25) is 0 Å². The fourth-order valence-electron chi connectivity index (χ4n) is 1.14. The molecule has 0 aromatic heterocycles. The van der Waals surface area contributed by atoms with Gasteiger partial charge in [0.05, 0.1) is 0 Å². The molecule has 1 unspecified atom stereocenters. The molecule has 0 rings (SSSR count). The molecule has 1 N–H and O–H groups in total. The van der Waals surface area contributed by atoms with E-state index in [-0.39, 0.29) is 0 Å². The molecule has 0 saturated carbocycles. The van der Waals surface area contributed by atoms with Crippen LogP contribution in [0, 0.1) is 11.8 Å². The topological polar surface area (TPSA) is 12.0 Å². The number of hydrogen-bond donors (Lipinski definition) is 1. The van der Waals surface area contributed by atoms with Crippen LogP contribution in [0.5, 0.6) is 0 Å². The van der Waals surface area contributed by atoms with Crippen molar-refractivity contribution in [1.29, 1.82) is 0 Å². The number of nitrogens with one attached hydrogen (secondary N) is 1. The average Bonchev–Trinajstić information content (AvgIpc) is 2.03. The zero-order valence-electron chi connectivity index (χ0n) is 9.76. The van der Waals surface area contributed by atoms with Crippen LogP contribution >= 0.6 is 11.8 Å². The molecule has 0 bridgehead atoms. The quantitative estimate of drug-likeness (QED) is 0.638. The van der Waals surface area contributed by atoms with Crippen LogP contribution in [0.1, 0.15) is 34.1 Å². The standard InChI is InChI=1S/C11H25NS/c1-9(2)6-7-13-8-11(12-5)10(3)4/h9-12H,6-8H2,1-5H3. The lowest BCUT2D eigenvalue weighted by molar-refractivity contribution is 0.465. The Morgan fingerprint density at radius 3 is 2.15 bits per heavy atom. The van der Waals surface area contributed by atoms with Gasteiger partial charge in [0.1, 0.15) is 0 Å². The average molecular weight is 203 g/mol. The van der Waals surface area contributed by atoms with Gasteiger partial charge in [-0.1, -0.05) is 27.7 Å². The molecular formula is C11H25NS. The minimum Gasteiger partial charge on any atom is -0.316 e. The van der Waals surface area contributed by atoms with E-state index >= 15 is 0 Å². The molecule has 13 heavy (non-hydrogen) atoms. The molecule has 0 amide bonds. The number of rotatable bonds is 7. The van der Waals surface area contributed by atoms with Gasteiger partial charge >= 0.3 is 0 Å². The highest BCUT2D eigenvalue weighted by Crippen LogP contribution is 2.13. The van der Waals surface area contributed by atoms with Crippen LogP contribution < -0.4 is 5.32 Å². The Morgan fingerprint density at radius 2 is 1.77 bits per heavy atom. The third-order valence-electron chi connectivity index (χ3n) is 2.31. The summed E-state index contributed by atoms with van der Waals surface area (Å²) >= 11 is 2.08. The predicted octanol–water partition coefficient (Wildman–Crippen LogP) is 3.01. The van der Waals surface area contributed by atoms with Crippen molar-refractivity contribution in [3.8, 4) is 0 Å². The molecule has 0 saturated heterocycles. The summed E-state index contributed by atoms with van der Waals surface area (Å²) in [4.78, 5) is 0. The lowest BCUT2D eigenvalue weighted by atomic mass is 10.1. The Balaban J connectivity index is 3.39. The molecule has 0 aromatic rings. The maximum Gasteiger partial charge on any atom is 0.0178 e. The zero-order valence-corrected chi connectivity index (χ0v) is 10.6. The number of thioether (sulfide) groups is 1. The molecular weight excluding hydrogens is 178 g/mol. The van der Waals surface area contributed by atoms with Gasteiger partial charge in [-0.05, 0) is 31.1 Å². The molecule has 1 nitrogen and oxygen atoms in total. The lowest BCUT2D eigenvalue weighted by Gasteiger charge is -2.19. The molecule has 0 aliphatic rings. The van der Waals surface area contributed by atoms with Crippen molar-refractivity contribution in [2.24, 2.45) is 11.8 Å². The molecule has 0 aromatic carbocycles. The minimum absolute atomic E-state index is 0.678. The lowest BCUT2D eigenvalue weighted by Crippen LogP contribution is -2.33. The van der Waals surface area contributed by atoms with Gasteiger partial charge < -0.3 is 5.32 Å². The highest BCUT2D eigenvalue weighted by atomic mass is 32.2. The molecule has 0 spiro atoms.